The summed E-state index contributed by atoms with van der Waals surface area (Å²) in [6, 6.07) is 23.1. The predicted molar refractivity (Wildman–Crippen MR) is 131 cm³/mol. The van der Waals surface area contributed by atoms with Crippen LogP contribution in [0.25, 0.3) is 38.9 Å². The minimum atomic E-state index is -0.179. The minimum absolute atomic E-state index is 0.179. The number of aromatic nitrogens is 5. The Morgan fingerprint density at radius 2 is 1.55 bits per heavy atom. The Hall–Kier alpha value is -4.03. The second kappa shape index (κ2) is 7.53. The van der Waals surface area contributed by atoms with Crippen LogP contribution in [0.4, 0.5) is 0 Å². The van der Waals surface area contributed by atoms with Crippen molar-refractivity contribution in [3.05, 3.63) is 106 Å². The first-order valence-corrected chi connectivity index (χ1v) is 11.0. The number of fused-ring (bicyclic) bond motifs is 4. The molecule has 7 heteroatoms. The fourth-order valence-corrected chi connectivity index (χ4v) is 4.43. The van der Waals surface area contributed by atoms with E-state index >= 15 is 0 Å². The van der Waals surface area contributed by atoms with E-state index in [4.69, 9.17) is 26.6 Å². The quantitative estimate of drug-likeness (QED) is 0.366. The van der Waals surface area contributed by atoms with Gasteiger partial charge in [0.1, 0.15) is 17.2 Å². The van der Waals surface area contributed by atoms with Crippen molar-refractivity contribution in [2.24, 2.45) is 0 Å². The van der Waals surface area contributed by atoms with Crippen LogP contribution in [0.5, 0.6) is 0 Å². The van der Waals surface area contributed by atoms with Gasteiger partial charge in [-0.15, -0.1) is 0 Å². The highest BCUT2D eigenvalue weighted by atomic mass is 35.5. The van der Waals surface area contributed by atoms with Gasteiger partial charge in [0.05, 0.1) is 23.3 Å². The highest BCUT2D eigenvalue weighted by Gasteiger charge is 2.21. The SMILES string of the molecule is Cc1ccccc1-n1c2nc3ccccc3nc2c2c(=O)n(Cc3ccccc3Cl)cnc21. The second-order valence-corrected chi connectivity index (χ2v) is 8.38. The summed E-state index contributed by atoms with van der Waals surface area (Å²) in [6.07, 6.45) is 1.57. The van der Waals surface area contributed by atoms with Crippen molar-refractivity contribution >= 4 is 44.8 Å². The Bertz CT molecular complexity index is 1750. The fourth-order valence-electron chi connectivity index (χ4n) is 4.24. The topological polar surface area (TPSA) is 65.6 Å². The van der Waals surface area contributed by atoms with E-state index in [9.17, 15) is 4.79 Å². The van der Waals surface area contributed by atoms with Crippen molar-refractivity contribution in [3.8, 4) is 5.69 Å². The summed E-state index contributed by atoms with van der Waals surface area (Å²) in [5.74, 6) is 0. The van der Waals surface area contributed by atoms with Gasteiger partial charge in [-0.3, -0.25) is 13.9 Å². The van der Waals surface area contributed by atoms with E-state index in [1.54, 1.807) is 10.9 Å². The van der Waals surface area contributed by atoms with E-state index in [2.05, 4.69) is 0 Å². The maximum absolute atomic E-state index is 13.7. The van der Waals surface area contributed by atoms with Crippen molar-refractivity contribution in [3.63, 3.8) is 0 Å². The third-order valence-electron chi connectivity index (χ3n) is 5.89. The molecule has 160 valence electrons. The van der Waals surface area contributed by atoms with Crippen molar-refractivity contribution in [2.45, 2.75) is 13.5 Å². The molecule has 33 heavy (non-hydrogen) atoms. The molecule has 0 aliphatic carbocycles. The van der Waals surface area contributed by atoms with E-state index in [0.29, 0.717) is 33.8 Å². The van der Waals surface area contributed by atoms with Gasteiger partial charge in [-0.25, -0.2) is 15.0 Å². The first-order valence-electron chi connectivity index (χ1n) is 10.6. The van der Waals surface area contributed by atoms with Gasteiger partial charge in [-0.05, 0) is 42.3 Å². The van der Waals surface area contributed by atoms with Gasteiger partial charge >= 0.3 is 0 Å². The van der Waals surface area contributed by atoms with Crippen LogP contribution in [-0.4, -0.2) is 24.1 Å². The summed E-state index contributed by atoms with van der Waals surface area (Å²) < 4.78 is 3.50. The molecule has 0 saturated carbocycles. The number of hydrogen-bond donors (Lipinski definition) is 0. The van der Waals surface area contributed by atoms with Gasteiger partial charge in [-0.1, -0.05) is 60.1 Å². The molecule has 0 N–H and O–H groups in total. The molecule has 0 spiro atoms. The molecule has 0 unspecified atom stereocenters. The summed E-state index contributed by atoms with van der Waals surface area (Å²) >= 11 is 6.34. The van der Waals surface area contributed by atoms with Crippen molar-refractivity contribution in [1.82, 2.24) is 24.1 Å². The summed E-state index contributed by atoms with van der Waals surface area (Å²) in [5.41, 5.74) is 5.81. The van der Waals surface area contributed by atoms with E-state index < -0.39 is 0 Å². The van der Waals surface area contributed by atoms with Crippen LogP contribution in [0.3, 0.4) is 0 Å². The maximum atomic E-state index is 13.7. The zero-order valence-electron chi connectivity index (χ0n) is 17.7. The van der Waals surface area contributed by atoms with Gasteiger partial charge in [0.2, 0.25) is 0 Å². The van der Waals surface area contributed by atoms with Crippen molar-refractivity contribution < 1.29 is 0 Å². The molecular weight excluding hydrogens is 434 g/mol. The first kappa shape index (κ1) is 19.6. The van der Waals surface area contributed by atoms with Gasteiger partial charge in [-0.2, -0.15) is 0 Å². The largest absolute Gasteiger partial charge is 0.294 e. The normalized spacial score (nSPS) is 11.6. The van der Waals surface area contributed by atoms with E-state index in [-0.39, 0.29) is 5.56 Å². The van der Waals surface area contributed by atoms with E-state index in [1.165, 1.54) is 0 Å². The molecule has 0 amide bonds. The van der Waals surface area contributed by atoms with Crippen LogP contribution in [0, 0.1) is 6.92 Å². The Morgan fingerprint density at radius 1 is 0.848 bits per heavy atom. The van der Waals surface area contributed by atoms with Gasteiger partial charge in [0.15, 0.2) is 11.3 Å². The molecule has 6 nitrogen and oxygen atoms in total. The van der Waals surface area contributed by atoms with Crippen LogP contribution in [0.2, 0.25) is 5.02 Å². The zero-order chi connectivity index (χ0) is 22.5. The van der Waals surface area contributed by atoms with E-state index in [0.717, 1.165) is 27.8 Å². The molecule has 0 radical (unpaired) electrons. The summed E-state index contributed by atoms with van der Waals surface area (Å²) in [6.45, 7) is 2.35. The standard InChI is InChI=1S/C26H18ClN5O/c1-16-8-2-7-13-21(16)32-24-22(23-25(32)30-20-12-6-5-11-19(20)29-23)26(33)31(15-28-24)14-17-9-3-4-10-18(17)27/h2-13,15H,14H2,1H3. The van der Waals surface area contributed by atoms with Gasteiger partial charge in [0.25, 0.3) is 5.56 Å². The van der Waals surface area contributed by atoms with Crippen LogP contribution in [0.1, 0.15) is 11.1 Å². The average Bonchev–Trinajstić information content (AvgIpc) is 3.14. The first-order chi connectivity index (χ1) is 16.1. The zero-order valence-corrected chi connectivity index (χ0v) is 18.5. The molecule has 3 aromatic carbocycles. The number of hydrogen-bond acceptors (Lipinski definition) is 4. The van der Waals surface area contributed by atoms with Crippen LogP contribution in [0.15, 0.2) is 83.9 Å². The lowest BCUT2D eigenvalue weighted by atomic mass is 10.2. The van der Waals surface area contributed by atoms with Gasteiger partial charge < -0.3 is 0 Å². The summed E-state index contributed by atoms with van der Waals surface area (Å²) in [4.78, 5) is 28.2. The molecule has 0 saturated heterocycles. The third-order valence-corrected chi connectivity index (χ3v) is 6.25. The Morgan fingerprint density at radius 3 is 2.33 bits per heavy atom. The Kier molecular flexibility index (Phi) is 4.48. The molecule has 6 rings (SSSR count). The number of aryl methyl sites for hydroxylation is 1. The molecule has 0 atom stereocenters. The fraction of sp³-hybridized carbons (Fsp3) is 0.0769. The molecule has 0 aliphatic rings. The van der Waals surface area contributed by atoms with E-state index in [1.807, 2.05) is 84.3 Å². The Labute approximate surface area is 193 Å². The average molecular weight is 452 g/mol. The van der Waals surface area contributed by atoms with Gasteiger partial charge in [0, 0.05) is 5.02 Å². The number of nitrogens with zero attached hydrogens (tertiary/aromatic N) is 5. The third kappa shape index (κ3) is 3.10. The molecule has 3 heterocycles. The van der Waals surface area contributed by atoms with Crippen LogP contribution >= 0.6 is 11.6 Å². The lowest BCUT2D eigenvalue weighted by Gasteiger charge is -2.10. The lowest BCUT2D eigenvalue weighted by Crippen LogP contribution is -2.21. The molecule has 0 aliphatic heterocycles. The lowest BCUT2D eigenvalue weighted by molar-refractivity contribution is 0.747. The molecule has 3 aromatic heterocycles. The van der Waals surface area contributed by atoms with Crippen molar-refractivity contribution in [1.29, 1.82) is 0 Å². The van der Waals surface area contributed by atoms with Crippen LogP contribution < -0.4 is 5.56 Å². The molecule has 0 bridgehead atoms. The number of para-hydroxylation sites is 3. The second-order valence-electron chi connectivity index (χ2n) is 7.97. The molecule has 6 aromatic rings. The minimum Gasteiger partial charge on any atom is -0.294 e. The Balaban J connectivity index is 1.71. The van der Waals surface area contributed by atoms with Crippen molar-refractivity contribution in [2.75, 3.05) is 0 Å². The number of rotatable bonds is 3. The molecular formula is C26H18ClN5O. The highest BCUT2D eigenvalue weighted by molar-refractivity contribution is 6.31. The number of halogens is 1. The summed E-state index contributed by atoms with van der Waals surface area (Å²) in [7, 11) is 0. The monoisotopic (exact) mass is 451 g/mol. The number of benzene rings is 3. The predicted octanol–water partition coefficient (Wildman–Crippen LogP) is 5.29. The highest BCUT2D eigenvalue weighted by Crippen LogP contribution is 2.29. The smallest absolute Gasteiger partial charge is 0.265 e. The summed E-state index contributed by atoms with van der Waals surface area (Å²) in [5, 5.41) is 1.05. The van der Waals surface area contributed by atoms with Crippen LogP contribution in [-0.2, 0) is 6.54 Å². The molecule has 0 fully saturated rings. The maximum Gasteiger partial charge on any atom is 0.265 e.